The molecule has 0 unspecified atom stereocenters. The third kappa shape index (κ3) is 10.2. The number of hydrogen-bond acceptors (Lipinski definition) is 4. The number of fused-ring (bicyclic) bond motifs is 5. The lowest BCUT2D eigenvalue weighted by Crippen LogP contribution is -2.33. The molecular formula is C80H80N4O. The fourth-order valence-electron chi connectivity index (χ4n) is 12.5. The first-order valence-corrected chi connectivity index (χ1v) is 29.6. The Morgan fingerprint density at radius 1 is 0.471 bits per heavy atom. The minimum Gasteiger partial charge on any atom is -0.457 e. The Balaban J connectivity index is 0.984. The highest BCUT2D eigenvalue weighted by Crippen LogP contribution is 2.54. The Labute approximate surface area is 521 Å². The van der Waals surface area contributed by atoms with E-state index in [1.165, 1.54) is 6.20 Å². The second-order valence-electron chi connectivity index (χ2n) is 27.5. The molecule has 85 heavy (non-hydrogen) atoms. The van der Waals surface area contributed by atoms with E-state index in [-0.39, 0.29) is 70.0 Å². The summed E-state index contributed by atoms with van der Waals surface area (Å²) in [6.45, 7) is 28.1. The number of rotatable bonds is 9. The van der Waals surface area contributed by atoms with E-state index in [1.54, 1.807) is 28.8 Å². The van der Waals surface area contributed by atoms with Gasteiger partial charge in [0.05, 0.1) is 44.5 Å². The summed E-state index contributed by atoms with van der Waals surface area (Å²) in [5.41, 5.74) is 11.8. The van der Waals surface area contributed by atoms with Crippen molar-refractivity contribution in [3.05, 3.63) is 240 Å². The van der Waals surface area contributed by atoms with Crippen LogP contribution in [-0.2, 0) is 27.1 Å². The predicted octanol–water partition coefficient (Wildman–Crippen LogP) is 22.1. The molecule has 0 atom stereocenters. The molecule has 2 aliphatic rings. The van der Waals surface area contributed by atoms with Crippen LogP contribution in [0.1, 0.15) is 147 Å². The molecule has 5 nitrogen and oxygen atoms in total. The normalized spacial score (nSPS) is 16.9. The Morgan fingerprint density at radius 2 is 1.11 bits per heavy atom. The molecular weight excluding hydrogens is 1030 g/mol. The Bertz CT molecular complexity index is 5080. The molecule has 0 saturated heterocycles. The van der Waals surface area contributed by atoms with Crippen molar-refractivity contribution in [2.75, 3.05) is 16.5 Å². The van der Waals surface area contributed by atoms with Gasteiger partial charge in [-0.3, -0.25) is 4.57 Å². The molecule has 1 aliphatic heterocycles. The molecule has 0 amide bonds. The molecule has 0 bridgehead atoms. The molecule has 3 heterocycles. The summed E-state index contributed by atoms with van der Waals surface area (Å²) in [6, 6.07) is 42.0. The van der Waals surface area contributed by atoms with E-state index in [0.717, 1.165) is 80.1 Å². The molecule has 13 rings (SSSR count). The van der Waals surface area contributed by atoms with Crippen LogP contribution in [0, 0.1) is 0 Å². The first-order valence-electron chi connectivity index (χ1n) is 35.6. The summed E-state index contributed by atoms with van der Waals surface area (Å²) < 4.78 is 119. The zero-order valence-electron chi connectivity index (χ0n) is 63.1. The summed E-state index contributed by atoms with van der Waals surface area (Å²) in [5, 5.41) is 0.786. The quantitative estimate of drug-likeness (QED) is 0.144. The second kappa shape index (κ2) is 20.5. The molecule has 5 heteroatoms. The monoisotopic (exact) mass is 1120 g/mol. The minimum absolute atomic E-state index is 0.00153. The largest absolute Gasteiger partial charge is 0.457 e. The van der Waals surface area contributed by atoms with Crippen molar-refractivity contribution < 1.29 is 21.2 Å². The maximum atomic E-state index is 10.6. The van der Waals surface area contributed by atoms with Crippen molar-refractivity contribution in [1.29, 1.82) is 0 Å². The Morgan fingerprint density at radius 3 is 1.82 bits per heavy atom. The SMILES string of the molecule is [2H]c1c([2H])c([2H])c(-c2cnc(-n3c4cc(Oc5cccc(N6CN(c7c(-c8cc(-c9ccccc9)cc(C(C)(C)C)c8)cc(C(C)(C)C)cc7-c7c([2H])c([2H])c8c(c7[2H])C(C)(C)CCC8(C)C)c7ccccc76)c5)ccc4c4c([2H])c([2H])c([2H])c([2H])c43)cc2C(C)(C)C)c([2H])c1[2H]. The van der Waals surface area contributed by atoms with E-state index < -0.39 is 51.9 Å². The highest BCUT2D eigenvalue weighted by atomic mass is 16.5. The van der Waals surface area contributed by atoms with Gasteiger partial charge < -0.3 is 14.5 Å². The van der Waals surface area contributed by atoms with Crippen LogP contribution in [0.2, 0.25) is 0 Å². The molecule has 0 radical (unpaired) electrons. The number of anilines is 4. The van der Waals surface area contributed by atoms with Crippen LogP contribution in [0.3, 0.4) is 0 Å². The number of para-hydroxylation sites is 3. The number of ether oxygens (including phenoxy) is 1. The fourth-order valence-corrected chi connectivity index (χ4v) is 12.5. The smallest absolute Gasteiger partial charge is 0.137 e. The van der Waals surface area contributed by atoms with Crippen LogP contribution in [0.15, 0.2) is 212 Å². The van der Waals surface area contributed by atoms with Gasteiger partial charge in [0.2, 0.25) is 0 Å². The molecule has 0 fully saturated rings. The van der Waals surface area contributed by atoms with E-state index in [0.29, 0.717) is 51.3 Å². The average Bonchev–Trinajstić information content (AvgIpc) is 1.67. The summed E-state index contributed by atoms with van der Waals surface area (Å²) >= 11 is 0. The van der Waals surface area contributed by atoms with Crippen LogP contribution >= 0.6 is 0 Å². The lowest BCUT2D eigenvalue weighted by molar-refractivity contribution is 0.332. The summed E-state index contributed by atoms with van der Waals surface area (Å²) in [7, 11) is 0. The minimum atomic E-state index is -0.688. The predicted molar refractivity (Wildman–Crippen MR) is 360 cm³/mol. The van der Waals surface area contributed by atoms with Crippen molar-refractivity contribution in [3.63, 3.8) is 0 Å². The molecule has 2 aromatic heterocycles. The van der Waals surface area contributed by atoms with Crippen LogP contribution < -0.4 is 14.5 Å². The van der Waals surface area contributed by atoms with Crippen LogP contribution in [-0.4, -0.2) is 16.2 Å². The van der Waals surface area contributed by atoms with E-state index in [9.17, 15) is 6.85 Å². The van der Waals surface area contributed by atoms with Crippen LogP contribution in [0.5, 0.6) is 11.5 Å². The molecule has 426 valence electrons. The third-order valence-electron chi connectivity index (χ3n) is 17.5. The summed E-state index contributed by atoms with van der Waals surface area (Å²) in [6.07, 6.45) is 3.15. The number of nitrogens with zero attached hydrogens (tertiary/aromatic N) is 4. The van der Waals surface area contributed by atoms with Crippen molar-refractivity contribution >= 4 is 44.6 Å². The first-order chi connectivity index (χ1) is 45.5. The maximum absolute atomic E-state index is 10.6. The van der Waals surface area contributed by atoms with Gasteiger partial charge in [-0.25, -0.2) is 4.98 Å². The lowest BCUT2D eigenvalue weighted by atomic mass is 9.63. The van der Waals surface area contributed by atoms with E-state index in [2.05, 4.69) is 146 Å². The average molecular weight is 1130 g/mol. The van der Waals surface area contributed by atoms with Gasteiger partial charge in [-0.15, -0.1) is 0 Å². The van der Waals surface area contributed by atoms with Crippen molar-refractivity contribution in [3.8, 4) is 61.8 Å². The number of aromatic nitrogens is 2. The van der Waals surface area contributed by atoms with Crippen molar-refractivity contribution in [1.82, 2.24) is 9.55 Å². The molecule has 0 N–H and O–H groups in total. The zero-order valence-corrected chi connectivity index (χ0v) is 51.1. The molecule has 0 saturated carbocycles. The van der Waals surface area contributed by atoms with E-state index >= 15 is 0 Å². The molecule has 9 aromatic carbocycles. The number of hydrogen-bond donors (Lipinski definition) is 0. The first kappa shape index (κ1) is 43.0. The zero-order chi connectivity index (χ0) is 69.8. The fraction of sp³-hybridized carbons (Fsp3) is 0.263. The van der Waals surface area contributed by atoms with Gasteiger partial charge in [-0.2, -0.15) is 0 Å². The van der Waals surface area contributed by atoms with Gasteiger partial charge in [0, 0.05) is 51.5 Å². The van der Waals surface area contributed by atoms with Crippen LogP contribution in [0.25, 0.3) is 72.1 Å². The lowest BCUT2D eigenvalue weighted by Gasteiger charge is -2.42. The standard InChI is InChI=1S/C80H80N4O/c1-76(2,3)57-42-55(52-25-16-14-17-26-52)41-56(43-57)65-46-58(77(4,5)6)45-64(54-35-38-67-69(44-54)80(12,13)40-39-79(67,10)11)75(65)83-51-82(71-33-22-23-34-72(71)83)59-29-24-30-60(47-59)85-61-36-37-63-62-31-20-21-32-70(62)84(73(63)48-61)74-49-68(78(7,8)9)66(50-81-74)53-27-18-15-19-28-53/h14-38,41-50H,39-40,51H2,1-13H3/i15D,18D,19D,20D,21D,27D,28D,31D,32D,35D,38D,44D. The highest BCUT2D eigenvalue weighted by Gasteiger charge is 2.39. The van der Waals surface area contributed by atoms with Gasteiger partial charge in [-0.05, 0) is 162 Å². The molecule has 11 aromatic rings. The third-order valence-corrected chi connectivity index (χ3v) is 17.5. The van der Waals surface area contributed by atoms with Crippen molar-refractivity contribution in [2.45, 2.75) is 130 Å². The van der Waals surface area contributed by atoms with E-state index in [4.69, 9.17) is 19.3 Å². The van der Waals surface area contributed by atoms with Gasteiger partial charge in [0.1, 0.15) is 24.0 Å². The summed E-state index contributed by atoms with van der Waals surface area (Å²) in [5.74, 6) is 1.15. The molecule has 0 spiro atoms. The Hall–Kier alpha value is -8.67. The maximum Gasteiger partial charge on any atom is 0.137 e. The van der Waals surface area contributed by atoms with Gasteiger partial charge in [0.25, 0.3) is 0 Å². The number of pyridine rings is 1. The van der Waals surface area contributed by atoms with Gasteiger partial charge >= 0.3 is 0 Å². The van der Waals surface area contributed by atoms with Gasteiger partial charge in [0.15, 0.2) is 0 Å². The topological polar surface area (TPSA) is 33.5 Å². The highest BCUT2D eigenvalue weighted by molar-refractivity contribution is 6.09. The van der Waals surface area contributed by atoms with Crippen molar-refractivity contribution in [2.24, 2.45) is 0 Å². The van der Waals surface area contributed by atoms with E-state index in [1.807, 2.05) is 63.2 Å². The summed E-state index contributed by atoms with van der Waals surface area (Å²) in [4.78, 5) is 9.46. The van der Waals surface area contributed by atoms with Crippen LogP contribution in [0.4, 0.5) is 22.7 Å². The van der Waals surface area contributed by atoms with Gasteiger partial charge in [-0.1, -0.05) is 217 Å². The molecule has 1 aliphatic carbocycles. The number of benzene rings is 9. The Kier molecular flexibility index (Phi) is 10.4. The second-order valence-corrected chi connectivity index (χ2v) is 27.5.